The number of ether oxygens (including phenoxy) is 1. The van der Waals surface area contributed by atoms with E-state index in [9.17, 15) is 4.79 Å². The molecule has 0 spiro atoms. The number of thiazole rings is 1. The summed E-state index contributed by atoms with van der Waals surface area (Å²) in [6, 6.07) is 15.5. The van der Waals surface area contributed by atoms with Crippen LogP contribution in [-0.4, -0.2) is 44.0 Å². The topological polar surface area (TPSA) is 94.8 Å². The molecule has 1 N–H and O–H groups in total. The highest BCUT2D eigenvalue weighted by Gasteiger charge is 2.13. The number of anilines is 1. The minimum atomic E-state index is -0.162. The van der Waals surface area contributed by atoms with Gasteiger partial charge in [0.25, 0.3) is 0 Å². The van der Waals surface area contributed by atoms with E-state index in [4.69, 9.17) is 4.74 Å². The molecule has 0 bridgehead atoms. The first-order valence-electron chi connectivity index (χ1n) is 8.38. The lowest BCUT2D eigenvalue weighted by molar-refractivity contribution is -0.113. The Labute approximate surface area is 168 Å². The van der Waals surface area contributed by atoms with Gasteiger partial charge in [0.15, 0.2) is 5.13 Å². The Morgan fingerprint density at radius 3 is 2.93 bits per heavy atom. The second-order valence-electron chi connectivity index (χ2n) is 5.79. The lowest BCUT2D eigenvalue weighted by Crippen LogP contribution is -2.14. The number of benzene rings is 2. The summed E-state index contributed by atoms with van der Waals surface area (Å²) in [5.41, 5.74) is 1.91. The average Bonchev–Trinajstić information content (AvgIpc) is 3.32. The molecule has 10 heteroatoms. The number of nitrogens with zero attached hydrogens (tertiary/aromatic N) is 5. The normalized spacial score (nSPS) is 10.9. The Morgan fingerprint density at radius 1 is 1.25 bits per heavy atom. The predicted molar refractivity (Wildman–Crippen MR) is 109 cm³/mol. The van der Waals surface area contributed by atoms with Gasteiger partial charge in [-0.3, -0.25) is 4.79 Å². The van der Waals surface area contributed by atoms with Gasteiger partial charge in [0.2, 0.25) is 11.1 Å². The molecule has 0 aliphatic carbocycles. The first-order valence-corrected chi connectivity index (χ1v) is 10.2. The van der Waals surface area contributed by atoms with Crippen LogP contribution < -0.4 is 10.1 Å². The fourth-order valence-electron chi connectivity index (χ4n) is 2.53. The Balaban J connectivity index is 1.37. The van der Waals surface area contributed by atoms with Gasteiger partial charge >= 0.3 is 0 Å². The van der Waals surface area contributed by atoms with Crippen LogP contribution in [0.3, 0.4) is 0 Å². The molecule has 1 amide bonds. The second kappa shape index (κ2) is 8.36. The summed E-state index contributed by atoms with van der Waals surface area (Å²) < 4.78 is 7.84. The highest BCUT2D eigenvalue weighted by atomic mass is 32.2. The third-order valence-corrected chi connectivity index (χ3v) is 5.74. The van der Waals surface area contributed by atoms with Crippen molar-refractivity contribution in [1.29, 1.82) is 0 Å². The molecule has 4 aromatic rings. The third kappa shape index (κ3) is 4.29. The number of carbonyl (C=O) groups excluding carboxylic acids is 1. The van der Waals surface area contributed by atoms with Crippen molar-refractivity contribution >= 4 is 44.4 Å². The van der Waals surface area contributed by atoms with Gasteiger partial charge in [-0.1, -0.05) is 53.4 Å². The Hall–Kier alpha value is -2.98. The van der Waals surface area contributed by atoms with Crippen molar-refractivity contribution in [2.45, 2.75) is 11.7 Å². The molecule has 2 heterocycles. The van der Waals surface area contributed by atoms with Gasteiger partial charge in [0.05, 0.1) is 29.6 Å². The van der Waals surface area contributed by atoms with Crippen molar-refractivity contribution in [1.82, 2.24) is 25.2 Å². The highest BCUT2D eigenvalue weighted by Crippen LogP contribution is 2.29. The number of hydrogen-bond acceptors (Lipinski definition) is 8. The van der Waals surface area contributed by atoms with E-state index in [1.54, 1.807) is 11.8 Å². The number of aromatic nitrogens is 5. The van der Waals surface area contributed by atoms with Crippen molar-refractivity contribution in [3.05, 3.63) is 54.1 Å². The monoisotopic (exact) mass is 412 g/mol. The van der Waals surface area contributed by atoms with Crippen LogP contribution >= 0.6 is 23.1 Å². The summed E-state index contributed by atoms with van der Waals surface area (Å²) in [4.78, 5) is 16.7. The highest BCUT2D eigenvalue weighted by molar-refractivity contribution is 7.99. The number of tetrazole rings is 1. The molecule has 0 aliphatic heterocycles. The summed E-state index contributed by atoms with van der Waals surface area (Å²) >= 11 is 2.69. The van der Waals surface area contributed by atoms with E-state index < -0.39 is 0 Å². The molecule has 0 saturated heterocycles. The van der Waals surface area contributed by atoms with Crippen molar-refractivity contribution < 1.29 is 9.53 Å². The SMILES string of the molecule is COc1ccc2nc(NC(=O)CSc3nnnn3Cc3ccccc3)sc2c1. The zero-order valence-corrected chi connectivity index (χ0v) is 16.5. The van der Waals surface area contributed by atoms with Gasteiger partial charge in [-0.05, 0) is 34.2 Å². The van der Waals surface area contributed by atoms with Gasteiger partial charge in [-0.15, -0.1) is 5.10 Å². The fraction of sp³-hybridized carbons (Fsp3) is 0.167. The molecule has 0 aliphatic rings. The standard InChI is InChI=1S/C18H16N6O2S2/c1-26-13-7-8-14-15(9-13)28-17(19-14)20-16(25)11-27-18-21-22-23-24(18)10-12-5-3-2-4-6-12/h2-9H,10-11H2,1H3,(H,19,20,25). The smallest absolute Gasteiger partial charge is 0.236 e. The number of nitrogens with one attached hydrogen (secondary N) is 1. The van der Waals surface area contributed by atoms with Crippen LogP contribution in [-0.2, 0) is 11.3 Å². The number of methoxy groups -OCH3 is 1. The molecule has 0 radical (unpaired) electrons. The summed E-state index contributed by atoms with van der Waals surface area (Å²) in [7, 11) is 1.62. The second-order valence-corrected chi connectivity index (χ2v) is 7.77. The van der Waals surface area contributed by atoms with Crippen LogP contribution in [0.2, 0.25) is 0 Å². The Bertz CT molecular complexity index is 1100. The number of thioether (sulfide) groups is 1. The summed E-state index contributed by atoms with van der Waals surface area (Å²) in [5, 5.41) is 15.7. The molecule has 4 rings (SSSR count). The van der Waals surface area contributed by atoms with Crippen molar-refractivity contribution in [3.8, 4) is 5.75 Å². The summed E-state index contributed by atoms with van der Waals surface area (Å²) in [6.45, 7) is 0.553. The van der Waals surface area contributed by atoms with Gasteiger partial charge in [-0.2, -0.15) is 0 Å². The predicted octanol–water partition coefficient (Wildman–Crippen LogP) is 3.07. The van der Waals surface area contributed by atoms with Crippen LogP contribution in [0.15, 0.2) is 53.7 Å². The van der Waals surface area contributed by atoms with Crippen LogP contribution in [0, 0.1) is 0 Å². The van der Waals surface area contributed by atoms with Crippen LogP contribution in [0.1, 0.15) is 5.56 Å². The molecular weight excluding hydrogens is 396 g/mol. The van der Waals surface area contributed by atoms with Crippen molar-refractivity contribution in [2.24, 2.45) is 0 Å². The lowest BCUT2D eigenvalue weighted by atomic mass is 10.2. The number of fused-ring (bicyclic) bond motifs is 1. The zero-order chi connectivity index (χ0) is 19.3. The van der Waals surface area contributed by atoms with Gasteiger partial charge < -0.3 is 10.1 Å². The van der Waals surface area contributed by atoms with E-state index in [1.807, 2.05) is 48.5 Å². The average molecular weight is 413 g/mol. The maximum absolute atomic E-state index is 12.3. The van der Waals surface area contributed by atoms with E-state index in [0.29, 0.717) is 16.8 Å². The van der Waals surface area contributed by atoms with Gasteiger partial charge in [0.1, 0.15) is 5.75 Å². The maximum atomic E-state index is 12.3. The molecule has 0 atom stereocenters. The van der Waals surface area contributed by atoms with E-state index >= 15 is 0 Å². The largest absolute Gasteiger partial charge is 0.497 e. The molecule has 2 aromatic carbocycles. The first kappa shape index (κ1) is 18.4. The quantitative estimate of drug-likeness (QED) is 0.466. The lowest BCUT2D eigenvalue weighted by Gasteiger charge is -2.04. The van der Waals surface area contributed by atoms with E-state index in [1.165, 1.54) is 23.1 Å². The molecule has 0 fully saturated rings. The molecule has 0 unspecified atom stereocenters. The first-order chi connectivity index (χ1) is 13.7. The van der Waals surface area contributed by atoms with Crippen LogP contribution in [0.4, 0.5) is 5.13 Å². The van der Waals surface area contributed by atoms with E-state index in [0.717, 1.165) is 21.5 Å². The molecule has 142 valence electrons. The Kier molecular flexibility index (Phi) is 5.49. The number of hydrogen-bond donors (Lipinski definition) is 1. The zero-order valence-electron chi connectivity index (χ0n) is 14.9. The van der Waals surface area contributed by atoms with E-state index in [-0.39, 0.29) is 11.7 Å². The molecule has 8 nitrogen and oxygen atoms in total. The molecule has 2 aromatic heterocycles. The third-order valence-electron chi connectivity index (χ3n) is 3.85. The van der Waals surface area contributed by atoms with E-state index in [2.05, 4.69) is 25.8 Å². The van der Waals surface area contributed by atoms with Crippen molar-refractivity contribution in [3.63, 3.8) is 0 Å². The number of rotatable bonds is 7. The minimum Gasteiger partial charge on any atom is -0.497 e. The summed E-state index contributed by atoms with van der Waals surface area (Å²) in [5.74, 6) is 0.786. The molecule has 28 heavy (non-hydrogen) atoms. The van der Waals surface area contributed by atoms with Crippen molar-refractivity contribution in [2.75, 3.05) is 18.2 Å². The van der Waals surface area contributed by atoms with Gasteiger partial charge in [0, 0.05) is 0 Å². The molecular formula is C18H16N6O2S2. The number of carbonyl (C=O) groups is 1. The Morgan fingerprint density at radius 2 is 2.11 bits per heavy atom. The van der Waals surface area contributed by atoms with Crippen LogP contribution in [0.5, 0.6) is 5.75 Å². The number of amides is 1. The molecule has 0 saturated carbocycles. The minimum absolute atomic E-state index is 0.162. The van der Waals surface area contributed by atoms with Crippen LogP contribution in [0.25, 0.3) is 10.2 Å². The van der Waals surface area contributed by atoms with Gasteiger partial charge in [-0.25, -0.2) is 9.67 Å². The summed E-state index contributed by atoms with van der Waals surface area (Å²) in [6.07, 6.45) is 0. The maximum Gasteiger partial charge on any atom is 0.236 e. The fourth-order valence-corrected chi connectivity index (χ4v) is 4.11.